The Hall–Kier alpha value is -3.06. The van der Waals surface area contributed by atoms with Gasteiger partial charge in [-0.25, -0.2) is 0 Å². The molecule has 3 aromatic rings. The smallest absolute Gasteiger partial charge is 0.237 e. The molecule has 1 atom stereocenters. The van der Waals surface area contributed by atoms with Crippen LogP contribution in [0.3, 0.4) is 0 Å². The highest BCUT2D eigenvalue weighted by Gasteiger charge is 2.20. The number of nitrogens with zero attached hydrogens (tertiary/aromatic N) is 2. The van der Waals surface area contributed by atoms with Gasteiger partial charge in [0.15, 0.2) is 0 Å². The molecule has 0 bridgehead atoms. The minimum absolute atomic E-state index is 0.202. The molecule has 2 aromatic carbocycles. The highest BCUT2D eigenvalue weighted by molar-refractivity contribution is 5.86. The van der Waals surface area contributed by atoms with E-state index in [-0.39, 0.29) is 5.91 Å². The average molecular weight is 331 g/mol. The van der Waals surface area contributed by atoms with Crippen LogP contribution in [-0.4, -0.2) is 17.0 Å². The van der Waals surface area contributed by atoms with E-state index < -0.39 is 5.92 Å². The van der Waals surface area contributed by atoms with Gasteiger partial charge in [0.1, 0.15) is 5.92 Å². The van der Waals surface area contributed by atoms with E-state index in [9.17, 15) is 10.1 Å². The fraction of sp³-hybridized carbons (Fsp3) is 0.238. The first-order chi connectivity index (χ1) is 12.2. The van der Waals surface area contributed by atoms with Gasteiger partial charge in [-0.3, -0.25) is 4.79 Å². The first kappa shape index (κ1) is 16.8. The number of fused-ring (bicyclic) bond motifs is 1. The molecule has 0 saturated carbocycles. The van der Waals surface area contributed by atoms with Gasteiger partial charge in [0.05, 0.1) is 6.07 Å². The minimum Gasteiger partial charge on any atom is -0.355 e. The van der Waals surface area contributed by atoms with Crippen LogP contribution >= 0.6 is 0 Å². The molecular formula is C21H21N3O. The Labute approximate surface area is 147 Å². The van der Waals surface area contributed by atoms with E-state index >= 15 is 0 Å². The number of carbonyl (C=O) groups is 1. The van der Waals surface area contributed by atoms with Gasteiger partial charge in [0.25, 0.3) is 0 Å². The van der Waals surface area contributed by atoms with E-state index in [1.165, 1.54) is 5.56 Å². The second kappa shape index (κ2) is 7.67. The zero-order valence-corrected chi connectivity index (χ0v) is 14.3. The van der Waals surface area contributed by atoms with Gasteiger partial charge < -0.3 is 9.88 Å². The first-order valence-electron chi connectivity index (χ1n) is 8.43. The van der Waals surface area contributed by atoms with Crippen LogP contribution in [-0.2, 0) is 24.7 Å². The van der Waals surface area contributed by atoms with Crippen molar-refractivity contribution in [2.24, 2.45) is 13.0 Å². The van der Waals surface area contributed by atoms with Crippen molar-refractivity contribution in [3.63, 3.8) is 0 Å². The summed E-state index contributed by atoms with van der Waals surface area (Å²) in [6.45, 7) is 0.538. The molecule has 4 nitrogen and oxygen atoms in total. The van der Waals surface area contributed by atoms with Crippen LogP contribution in [0.25, 0.3) is 10.9 Å². The summed E-state index contributed by atoms with van der Waals surface area (Å²) in [5, 5.41) is 13.4. The molecule has 1 heterocycles. The molecule has 0 radical (unpaired) electrons. The SMILES string of the molecule is Cn1cc(CC(C#N)C(=O)NCCc2ccccc2)c2ccccc21. The van der Waals surface area contributed by atoms with E-state index in [4.69, 9.17) is 0 Å². The number of aryl methyl sites for hydroxylation is 1. The van der Waals surface area contributed by atoms with Crippen LogP contribution in [0.15, 0.2) is 60.8 Å². The van der Waals surface area contributed by atoms with Crippen LogP contribution in [0.4, 0.5) is 0 Å². The largest absolute Gasteiger partial charge is 0.355 e. The molecule has 25 heavy (non-hydrogen) atoms. The lowest BCUT2D eigenvalue weighted by atomic mass is 9.99. The zero-order chi connectivity index (χ0) is 17.6. The predicted molar refractivity (Wildman–Crippen MR) is 98.9 cm³/mol. The summed E-state index contributed by atoms with van der Waals surface area (Å²) in [6.07, 6.45) is 3.19. The molecule has 3 rings (SSSR count). The van der Waals surface area contributed by atoms with Gasteiger partial charge in [0, 0.05) is 30.7 Å². The summed E-state index contributed by atoms with van der Waals surface area (Å²) < 4.78 is 2.03. The van der Waals surface area contributed by atoms with Gasteiger partial charge in [-0.15, -0.1) is 0 Å². The van der Waals surface area contributed by atoms with Crippen molar-refractivity contribution in [2.75, 3.05) is 6.54 Å². The van der Waals surface area contributed by atoms with Gasteiger partial charge in [-0.1, -0.05) is 48.5 Å². The number of aromatic nitrogens is 1. The highest BCUT2D eigenvalue weighted by atomic mass is 16.1. The van der Waals surface area contributed by atoms with Crippen molar-refractivity contribution in [3.8, 4) is 6.07 Å². The molecule has 0 saturated heterocycles. The fourth-order valence-corrected chi connectivity index (χ4v) is 3.10. The number of nitriles is 1. The molecule has 1 unspecified atom stereocenters. The quantitative estimate of drug-likeness (QED) is 0.754. The molecule has 126 valence electrons. The Morgan fingerprint density at radius 3 is 2.64 bits per heavy atom. The normalized spacial score (nSPS) is 11.8. The molecule has 1 N–H and O–H groups in total. The molecule has 0 spiro atoms. The molecular weight excluding hydrogens is 310 g/mol. The van der Waals surface area contributed by atoms with Gasteiger partial charge in [-0.05, 0) is 30.0 Å². The van der Waals surface area contributed by atoms with Crippen LogP contribution < -0.4 is 5.32 Å². The number of hydrogen-bond donors (Lipinski definition) is 1. The maximum Gasteiger partial charge on any atom is 0.237 e. The standard InChI is InChI=1S/C21H21N3O/c1-24-15-18(19-9-5-6-10-20(19)24)13-17(14-22)21(25)23-12-11-16-7-3-2-4-8-16/h2-10,15,17H,11-13H2,1H3,(H,23,25). The topological polar surface area (TPSA) is 57.8 Å². The molecule has 1 amide bonds. The number of benzene rings is 2. The zero-order valence-electron chi connectivity index (χ0n) is 14.3. The summed E-state index contributed by atoms with van der Waals surface area (Å²) in [6, 6.07) is 20.2. The molecule has 4 heteroatoms. The van der Waals surface area contributed by atoms with Crippen molar-refractivity contribution in [1.29, 1.82) is 5.26 Å². The lowest BCUT2D eigenvalue weighted by Gasteiger charge is -2.10. The van der Waals surface area contributed by atoms with E-state index in [1.54, 1.807) is 0 Å². The van der Waals surface area contributed by atoms with E-state index in [0.29, 0.717) is 13.0 Å². The second-order valence-corrected chi connectivity index (χ2v) is 6.19. The average Bonchev–Trinajstić information content (AvgIpc) is 2.96. The van der Waals surface area contributed by atoms with Crippen LogP contribution in [0.2, 0.25) is 0 Å². The van der Waals surface area contributed by atoms with Gasteiger partial charge >= 0.3 is 0 Å². The number of hydrogen-bond acceptors (Lipinski definition) is 2. The Balaban J connectivity index is 1.63. The summed E-state index contributed by atoms with van der Waals surface area (Å²) in [7, 11) is 1.98. The highest BCUT2D eigenvalue weighted by Crippen LogP contribution is 2.22. The summed E-state index contributed by atoms with van der Waals surface area (Å²) >= 11 is 0. The lowest BCUT2D eigenvalue weighted by molar-refractivity contribution is -0.123. The van der Waals surface area contributed by atoms with Crippen LogP contribution in [0, 0.1) is 17.2 Å². The monoisotopic (exact) mass is 331 g/mol. The predicted octanol–water partition coefficient (Wildman–Crippen LogP) is 3.22. The van der Waals surface area contributed by atoms with Crippen LogP contribution in [0.5, 0.6) is 0 Å². The fourth-order valence-electron chi connectivity index (χ4n) is 3.10. The first-order valence-corrected chi connectivity index (χ1v) is 8.43. The molecule has 0 fully saturated rings. The Bertz CT molecular complexity index is 906. The molecule has 1 aromatic heterocycles. The Morgan fingerprint density at radius 1 is 1.16 bits per heavy atom. The van der Waals surface area contributed by atoms with Crippen molar-refractivity contribution in [1.82, 2.24) is 9.88 Å². The number of nitrogens with one attached hydrogen (secondary N) is 1. The maximum atomic E-state index is 12.4. The van der Waals surface area contributed by atoms with E-state index in [1.807, 2.05) is 72.4 Å². The summed E-state index contributed by atoms with van der Waals surface area (Å²) in [5.41, 5.74) is 3.31. The third-order valence-corrected chi connectivity index (χ3v) is 4.43. The molecule has 0 aliphatic rings. The Morgan fingerprint density at radius 2 is 1.88 bits per heavy atom. The third kappa shape index (κ3) is 3.89. The number of amides is 1. The molecule has 0 aliphatic heterocycles. The number of para-hydroxylation sites is 1. The minimum atomic E-state index is -0.679. The van der Waals surface area contributed by atoms with Crippen molar-refractivity contribution in [2.45, 2.75) is 12.8 Å². The number of rotatable bonds is 6. The van der Waals surface area contributed by atoms with Crippen LogP contribution in [0.1, 0.15) is 11.1 Å². The summed E-state index contributed by atoms with van der Waals surface area (Å²) in [4.78, 5) is 12.4. The van der Waals surface area contributed by atoms with E-state index in [2.05, 4.69) is 11.4 Å². The van der Waals surface area contributed by atoms with Crippen molar-refractivity contribution in [3.05, 3.63) is 71.9 Å². The van der Waals surface area contributed by atoms with E-state index in [0.717, 1.165) is 22.9 Å². The third-order valence-electron chi connectivity index (χ3n) is 4.43. The molecule has 0 aliphatic carbocycles. The van der Waals surface area contributed by atoms with Crippen molar-refractivity contribution < 1.29 is 4.79 Å². The number of carbonyl (C=O) groups excluding carboxylic acids is 1. The second-order valence-electron chi connectivity index (χ2n) is 6.19. The lowest BCUT2D eigenvalue weighted by Crippen LogP contribution is -2.32. The van der Waals surface area contributed by atoms with Gasteiger partial charge in [0.2, 0.25) is 5.91 Å². The Kier molecular flexibility index (Phi) is 5.15. The maximum absolute atomic E-state index is 12.4. The van der Waals surface area contributed by atoms with Gasteiger partial charge in [-0.2, -0.15) is 5.26 Å². The van der Waals surface area contributed by atoms with Crippen molar-refractivity contribution >= 4 is 16.8 Å². The summed E-state index contributed by atoms with van der Waals surface area (Å²) in [5.74, 6) is -0.882.